The van der Waals surface area contributed by atoms with Crippen LogP contribution in [0.2, 0.25) is 10.0 Å². The Hall–Kier alpha value is -0.860. The van der Waals surface area contributed by atoms with Gasteiger partial charge in [0.15, 0.2) is 5.79 Å². The molecule has 1 aliphatic heterocycles. The highest BCUT2D eigenvalue weighted by atomic mass is 35.5. The first-order chi connectivity index (χ1) is 10.8. The summed E-state index contributed by atoms with van der Waals surface area (Å²) in [6.45, 7) is 0.974. The van der Waals surface area contributed by atoms with Gasteiger partial charge in [0.25, 0.3) is 0 Å². The molecule has 9 heteroatoms. The molecule has 3 rings (SSSR count). The van der Waals surface area contributed by atoms with Crippen LogP contribution in [0.15, 0.2) is 24.3 Å². The molecule has 0 bridgehead atoms. The van der Waals surface area contributed by atoms with E-state index in [1.807, 2.05) is 0 Å². The Kier molecular flexibility index (Phi) is 4.59. The van der Waals surface area contributed by atoms with E-state index in [4.69, 9.17) is 32.7 Å². The molecule has 0 radical (unpaired) electrons. The van der Waals surface area contributed by atoms with Gasteiger partial charge >= 0.3 is 0 Å². The van der Waals surface area contributed by atoms with Crippen molar-refractivity contribution < 1.29 is 22.3 Å². The number of anilines is 1. The molecule has 1 aliphatic carbocycles. The summed E-state index contributed by atoms with van der Waals surface area (Å²) in [5.74, 6) is -1.45. The number of rotatable bonds is 3. The number of benzene rings is 1. The lowest BCUT2D eigenvalue weighted by molar-refractivity contribution is -0.124. The third-order valence-electron chi connectivity index (χ3n) is 3.77. The fourth-order valence-electron chi connectivity index (χ4n) is 2.60. The Balaban J connectivity index is 1.81. The van der Waals surface area contributed by atoms with Crippen LogP contribution in [-0.2, 0) is 19.5 Å². The first-order valence-electron chi connectivity index (χ1n) is 6.95. The number of nitrogens with one attached hydrogen (secondary N) is 1. The molecule has 126 valence electrons. The zero-order valence-electron chi connectivity index (χ0n) is 11.9. The second-order valence-electron chi connectivity index (χ2n) is 5.34. The topological polar surface area (TPSA) is 64.6 Å². The van der Waals surface area contributed by atoms with E-state index in [9.17, 15) is 12.8 Å². The van der Waals surface area contributed by atoms with Crippen molar-refractivity contribution in [2.75, 3.05) is 17.9 Å². The van der Waals surface area contributed by atoms with Crippen LogP contribution in [0.25, 0.3) is 0 Å². The van der Waals surface area contributed by atoms with Crippen molar-refractivity contribution in [3.05, 3.63) is 40.1 Å². The smallest absolute Gasteiger partial charge is 0.239 e. The van der Waals surface area contributed by atoms with Gasteiger partial charge in [0.2, 0.25) is 10.0 Å². The summed E-state index contributed by atoms with van der Waals surface area (Å²) in [7, 11) is -3.78. The SMILES string of the molecule is O=S(=O)(Nc1c(Cl)cc(F)cc1Cl)C1C=CC2(CC1)OCCO2. The van der Waals surface area contributed by atoms with Crippen LogP contribution in [0, 0.1) is 5.82 Å². The van der Waals surface area contributed by atoms with Gasteiger partial charge in [-0.3, -0.25) is 4.72 Å². The molecule has 5 nitrogen and oxygen atoms in total. The molecule has 1 heterocycles. The van der Waals surface area contributed by atoms with Crippen molar-refractivity contribution in [3.8, 4) is 0 Å². The molecule has 0 aromatic heterocycles. The monoisotopic (exact) mass is 381 g/mol. The fraction of sp³-hybridized carbons (Fsp3) is 0.429. The molecular weight excluding hydrogens is 368 g/mol. The molecule has 1 aromatic carbocycles. The highest BCUT2D eigenvalue weighted by molar-refractivity contribution is 7.93. The lowest BCUT2D eigenvalue weighted by atomic mass is 10.0. The summed E-state index contributed by atoms with van der Waals surface area (Å²) in [6.07, 6.45) is 3.91. The third kappa shape index (κ3) is 3.49. The maximum absolute atomic E-state index is 13.2. The number of halogens is 3. The van der Waals surface area contributed by atoms with Crippen LogP contribution in [0.3, 0.4) is 0 Å². The van der Waals surface area contributed by atoms with Gasteiger partial charge in [-0.15, -0.1) is 0 Å². The summed E-state index contributed by atoms with van der Waals surface area (Å²) in [5, 5.41) is -0.979. The standard InChI is InChI=1S/C14H14Cl2FNO4S/c15-11-7-9(17)8-12(16)13(11)18-23(19,20)10-1-3-14(4-2-10)21-5-6-22-14/h1,3,7-8,10,18H,2,4-6H2. The molecule has 1 aromatic rings. The number of sulfonamides is 1. The van der Waals surface area contributed by atoms with Gasteiger partial charge in [0.1, 0.15) is 5.82 Å². The van der Waals surface area contributed by atoms with E-state index >= 15 is 0 Å². The minimum Gasteiger partial charge on any atom is -0.344 e. The van der Waals surface area contributed by atoms with Crippen LogP contribution < -0.4 is 4.72 Å². The van der Waals surface area contributed by atoms with E-state index < -0.39 is 26.9 Å². The second kappa shape index (κ2) is 6.22. The summed E-state index contributed by atoms with van der Waals surface area (Å²) in [6, 6.07) is 1.99. The molecule has 1 unspecified atom stereocenters. The van der Waals surface area contributed by atoms with Crippen LogP contribution in [0.4, 0.5) is 10.1 Å². The van der Waals surface area contributed by atoms with E-state index in [-0.39, 0.29) is 15.7 Å². The van der Waals surface area contributed by atoms with E-state index in [0.29, 0.717) is 26.1 Å². The fourth-order valence-corrected chi connectivity index (χ4v) is 4.64. The molecule has 1 fully saturated rings. The molecule has 1 spiro atoms. The largest absolute Gasteiger partial charge is 0.344 e. The summed E-state index contributed by atoms with van der Waals surface area (Å²) >= 11 is 11.7. The predicted molar refractivity (Wildman–Crippen MR) is 85.8 cm³/mol. The van der Waals surface area contributed by atoms with E-state index in [2.05, 4.69) is 4.72 Å². The second-order valence-corrected chi connectivity index (χ2v) is 8.05. The lowest BCUT2D eigenvalue weighted by Crippen LogP contribution is -2.36. The Morgan fingerprint density at radius 3 is 2.35 bits per heavy atom. The molecule has 1 N–H and O–H groups in total. The summed E-state index contributed by atoms with van der Waals surface area (Å²) in [5.41, 5.74) is -0.0308. The Labute approximate surface area is 143 Å². The number of hydrogen-bond acceptors (Lipinski definition) is 4. The average Bonchev–Trinajstić information content (AvgIpc) is 2.91. The number of hydrogen-bond donors (Lipinski definition) is 1. The van der Waals surface area contributed by atoms with Gasteiger partial charge in [-0.25, -0.2) is 12.8 Å². The Morgan fingerprint density at radius 2 is 1.83 bits per heavy atom. The van der Waals surface area contributed by atoms with Crippen LogP contribution in [0.1, 0.15) is 12.8 Å². The molecule has 0 amide bonds. The van der Waals surface area contributed by atoms with Gasteiger partial charge in [-0.1, -0.05) is 29.3 Å². The lowest BCUT2D eigenvalue weighted by Gasteiger charge is -2.30. The number of ether oxygens (including phenoxy) is 2. The highest BCUT2D eigenvalue weighted by Gasteiger charge is 2.40. The normalized spacial score (nSPS) is 23.3. The molecule has 1 atom stereocenters. The van der Waals surface area contributed by atoms with Crippen molar-refractivity contribution >= 4 is 38.9 Å². The first kappa shape index (κ1) is 17.0. The van der Waals surface area contributed by atoms with E-state index in [1.54, 1.807) is 6.08 Å². The highest BCUT2D eigenvalue weighted by Crippen LogP contribution is 2.36. The van der Waals surface area contributed by atoms with E-state index in [1.165, 1.54) is 6.08 Å². The van der Waals surface area contributed by atoms with Gasteiger partial charge < -0.3 is 9.47 Å². The quantitative estimate of drug-likeness (QED) is 0.815. The van der Waals surface area contributed by atoms with Crippen LogP contribution in [-0.4, -0.2) is 32.7 Å². The summed E-state index contributed by atoms with van der Waals surface area (Å²) in [4.78, 5) is 0. The van der Waals surface area contributed by atoms with Gasteiger partial charge in [0.05, 0.1) is 34.2 Å². The van der Waals surface area contributed by atoms with Crippen molar-refractivity contribution in [3.63, 3.8) is 0 Å². The first-order valence-corrected chi connectivity index (χ1v) is 9.25. The zero-order valence-corrected chi connectivity index (χ0v) is 14.2. The van der Waals surface area contributed by atoms with Crippen LogP contribution in [0.5, 0.6) is 0 Å². The Morgan fingerprint density at radius 1 is 1.22 bits per heavy atom. The van der Waals surface area contributed by atoms with Gasteiger partial charge in [-0.05, 0) is 24.6 Å². The van der Waals surface area contributed by atoms with Crippen LogP contribution >= 0.6 is 23.2 Å². The van der Waals surface area contributed by atoms with Crippen molar-refractivity contribution in [1.29, 1.82) is 0 Å². The molecule has 1 saturated heterocycles. The van der Waals surface area contributed by atoms with E-state index in [0.717, 1.165) is 12.1 Å². The maximum Gasteiger partial charge on any atom is 0.239 e. The molecule has 0 saturated carbocycles. The average molecular weight is 382 g/mol. The van der Waals surface area contributed by atoms with Gasteiger partial charge in [0, 0.05) is 6.42 Å². The molecule has 2 aliphatic rings. The van der Waals surface area contributed by atoms with Crippen molar-refractivity contribution in [1.82, 2.24) is 0 Å². The minimum absolute atomic E-state index is 0.0308. The van der Waals surface area contributed by atoms with Crippen molar-refractivity contribution in [2.45, 2.75) is 23.9 Å². The molecular formula is C14H14Cl2FNO4S. The zero-order chi connectivity index (χ0) is 16.7. The Bertz CT molecular complexity index is 724. The maximum atomic E-state index is 13.2. The molecule has 23 heavy (non-hydrogen) atoms. The van der Waals surface area contributed by atoms with Crippen molar-refractivity contribution in [2.24, 2.45) is 0 Å². The summed E-state index contributed by atoms with van der Waals surface area (Å²) < 4.78 is 51.5. The predicted octanol–water partition coefficient (Wildman–Crippen LogP) is 3.34. The minimum atomic E-state index is -3.78. The van der Waals surface area contributed by atoms with Gasteiger partial charge in [-0.2, -0.15) is 0 Å². The third-order valence-corrected chi connectivity index (χ3v) is 6.04.